The van der Waals surface area contributed by atoms with Gasteiger partial charge in [0.05, 0.1) is 23.1 Å². The van der Waals surface area contributed by atoms with E-state index in [2.05, 4.69) is 36.9 Å². The van der Waals surface area contributed by atoms with Gasteiger partial charge < -0.3 is 14.5 Å². The number of hydrogen-bond acceptors (Lipinski definition) is 5. The van der Waals surface area contributed by atoms with E-state index in [-0.39, 0.29) is 12.1 Å². The number of amides is 1. The number of ether oxygens (including phenoxy) is 1. The van der Waals surface area contributed by atoms with Crippen LogP contribution in [-0.4, -0.2) is 51.7 Å². The molecule has 2 aromatic heterocycles. The van der Waals surface area contributed by atoms with Gasteiger partial charge >= 0.3 is 6.09 Å². The van der Waals surface area contributed by atoms with Gasteiger partial charge in [0.15, 0.2) is 0 Å². The Morgan fingerprint density at radius 3 is 2.21 bits per heavy atom. The highest BCUT2D eigenvalue weighted by Crippen LogP contribution is 2.36. The fourth-order valence-corrected chi connectivity index (χ4v) is 4.01. The van der Waals surface area contributed by atoms with E-state index in [4.69, 9.17) is 4.74 Å². The van der Waals surface area contributed by atoms with Crippen molar-refractivity contribution in [1.82, 2.24) is 14.9 Å². The van der Waals surface area contributed by atoms with E-state index in [0.717, 1.165) is 35.4 Å². The van der Waals surface area contributed by atoms with E-state index in [9.17, 15) is 4.79 Å². The van der Waals surface area contributed by atoms with E-state index >= 15 is 0 Å². The number of carbonyl (C=O) groups is 1. The molecule has 0 radical (unpaired) electrons. The second kappa shape index (κ2) is 8.69. The molecule has 2 aromatic rings. The molecular formula is C22H29BrN4O2. The molecule has 2 atom stereocenters. The van der Waals surface area contributed by atoms with Crippen LogP contribution in [0.5, 0.6) is 0 Å². The number of pyridine rings is 2. The lowest BCUT2D eigenvalue weighted by Crippen LogP contribution is -2.50. The van der Waals surface area contributed by atoms with Crippen LogP contribution >= 0.6 is 15.9 Å². The average molecular weight is 461 g/mol. The predicted molar refractivity (Wildman–Crippen MR) is 118 cm³/mol. The molecule has 2 aliphatic heterocycles. The van der Waals surface area contributed by atoms with Gasteiger partial charge in [0, 0.05) is 36.0 Å². The molecule has 4 rings (SSSR count). The standard InChI is InChI=1S/C16H23N3O2.C6H6BrN/c1-11-14(6-5-7-17-11)18-9-13-8-12(18)10-19(13)15(20)21-16(2,3)4;1-5-6(7)3-2-4-8-5/h5-7,12-13H,8-10H2,1-4H3;2-4H,1H3/t12-,13-;/m0./s1. The van der Waals surface area contributed by atoms with Gasteiger partial charge in [0.1, 0.15) is 5.60 Å². The first-order chi connectivity index (χ1) is 13.7. The van der Waals surface area contributed by atoms with Crippen molar-refractivity contribution in [3.63, 3.8) is 0 Å². The highest BCUT2D eigenvalue weighted by Gasteiger charge is 2.46. The molecule has 4 heterocycles. The molecule has 2 fully saturated rings. The SMILES string of the molecule is Cc1ncccc1Br.Cc1ncccc1N1C[C@@H]2C[C@H]1CN2C(=O)OC(C)(C)C. The third-order valence-electron chi connectivity index (χ3n) is 5.10. The van der Waals surface area contributed by atoms with Gasteiger partial charge in [0.2, 0.25) is 0 Å². The highest BCUT2D eigenvalue weighted by atomic mass is 79.9. The summed E-state index contributed by atoms with van der Waals surface area (Å²) in [5.74, 6) is 0. The second-order valence-corrected chi connectivity index (χ2v) is 9.36. The van der Waals surface area contributed by atoms with Crippen molar-refractivity contribution in [2.75, 3.05) is 18.0 Å². The minimum absolute atomic E-state index is 0.183. The van der Waals surface area contributed by atoms with Crippen LogP contribution in [0.1, 0.15) is 38.6 Å². The molecule has 6 nitrogen and oxygen atoms in total. The minimum atomic E-state index is -0.432. The Kier molecular flexibility index (Phi) is 6.46. The zero-order chi connectivity index (χ0) is 21.2. The number of fused-ring (bicyclic) bond motifs is 2. The fourth-order valence-electron chi connectivity index (χ4n) is 3.75. The molecule has 156 valence electrons. The van der Waals surface area contributed by atoms with Gasteiger partial charge in [-0.1, -0.05) is 0 Å². The number of nitrogens with zero attached hydrogens (tertiary/aromatic N) is 4. The summed E-state index contributed by atoms with van der Waals surface area (Å²) in [5.41, 5.74) is 2.84. The molecule has 0 N–H and O–H groups in total. The van der Waals surface area contributed by atoms with Crippen molar-refractivity contribution < 1.29 is 9.53 Å². The van der Waals surface area contributed by atoms with E-state index < -0.39 is 5.60 Å². The van der Waals surface area contributed by atoms with Crippen LogP contribution < -0.4 is 4.90 Å². The maximum atomic E-state index is 12.2. The molecule has 7 heteroatoms. The van der Waals surface area contributed by atoms with Crippen LogP contribution in [0.25, 0.3) is 0 Å². The van der Waals surface area contributed by atoms with Crippen LogP contribution in [0.4, 0.5) is 10.5 Å². The molecule has 2 bridgehead atoms. The summed E-state index contributed by atoms with van der Waals surface area (Å²) in [6, 6.07) is 8.59. The molecule has 0 saturated carbocycles. The van der Waals surface area contributed by atoms with Crippen molar-refractivity contribution in [3.8, 4) is 0 Å². The van der Waals surface area contributed by atoms with E-state index in [1.54, 1.807) is 6.20 Å². The molecule has 29 heavy (non-hydrogen) atoms. The Morgan fingerprint density at radius 2 is 1.72 bits per heavy atom. The molecule has 0 unspecified atom stereocenters. The Balaban J connectivity index is 0.000000252. The van der Waals surface area contributed by atoms with Crippen LogP contribution in [-0.2, 0) is 4.74 Å². The van der Waals surface area contributed by atoms with E-state index in [1.165, 1.54) is 5.69 Å². The number of rotatable bonds is 1. The number of aryl methyl sites for hydroxylation is 2. The topological polar surface area (TPSA) is 58.6 Å². The maximum Gasteiger partial charge on any atom is 0.410 e. The summed E-state index contributed by atoms with van der Waals surface area (Å²) in [5, 5.41) is 0. The molecule has 0 aliphatic carbocycles. The zero-order valence-corrected chi connectivity index (χ0v) is 19.3. The third kappa shape index (κ3) is 5.26. The van der Waals surface area contributed by atoms with Crippen LogP contribution in [0.2, 0.25) is 0 Å². The van der Waals surface area contributed by atoms with E-state index in [1.807, 2.05) is 63.9 Å². The highest BCUT2D eigenvalue weighted by molar-refractivity contribution is 9.10. The first kappa shape index (κ1) is 21.6. The quantitative estimate of drug-likeness (QED) is 0.614. The Hall–Kier alpha value is -2.15. The molecule has 0 spiro atoms. The zero-order valence-electron chi connectivity index (χ0n) is 17.7. The summed E-state index contributed by atoms with van der Waals surface area (Å²) >= 11 is 3.33. The summed E-state index contributed by atoms with van der Waals surface area (Å²) in [6.45, 7) is 11.3. The number of halogens is 1. The number of piperazine rings is 1. The van der Waals surface area contributed by atoms with Crippen molar-refractivity contribution >= 4 is 27.7 Å². The summed E-state index contributed by atoms with van der Waals surface area (Å²) in [7, 11) is 0. The molecular weight excluding hydrogens is 432 g/mol. The van der Waals surface area contributed by atoms with Crippen LogP contribution in [0.3, 0.4) is 0 Å². The summed E-state index contributed by atoms with van der Waals surface area (Å²) < 4.78 is 6.56. The fraction of sp³-hybridized carbons (Fsp3) is 0.500. The number of carbonyl (C=O) groups excluding carboxylic acids is 1. The monoisotopic (exact) mass is 460 g/mol. The van der Waals surface area contributed by atoms with E-state index in [0.29, 0.717) is 6.04 Å². The largest absolute Gasteiger partial charge is 0.444 e. The lowest BCUT2D eigenvalue weighted by atomic mass is 10.2. The smallest absolute Gasteiger partial charge is 0.410 e. The summed E-state index contributed by atoms with van der Waals surface area (Å²) in [6.07, 6.45) is 4.44. The molecule has 2 aliphatic rings. The number of aromatic nitrogens is 2. The predicted octanol–water partition coefficient (Wildman–Crippen LogP) is 4.74. The minimum Gasteiger partial charge on any atom is -0.444 e. The van der Waals surface area contributed by atoms with Gasteiger partial charge in [-0.3, -0.25) is 9.97 Å². The van der Waals surface area contributed by atoms with Crippen LogP contribution in [0.15, 0.2) is 41.1 Å². The van der Waals surface area contributed by atoms with Gasteiger partial charge in [-0.15, -0.1) is 0 Å². The van der Waals surface area contributed by atoms with Gasteiger partial charge in [0.25, 0.3) is 0 Å². The van der Waals surface area contributed by atoms with Gasteiger partial charge in [-0.25, -0.2) is 4.79 Å². The number of anilines is 1. The van der Waals surface area contributed by atoms with Crippen LogP contribution in [0, 0.1) is 13.8 Å². The van der Waals surface area contributed by atoms with Gasteiger partial charge in [-0.2, -0.15) is 0 Å². The Morgan fingerprint density at radius 1 is 1.07 bits per heavy atom. The lowest BCUT2D eigenvalue weighted by molar-refractivity contribution is 0.0214. The van der Waals surface area contributed by atoms with Crippen molar-refractivity contribution in [2.45, 2.75) is 58.7 Å². The molecule has 1 amide bonds. The third-order valence-corrected chi connectivity index (χ3v) is 5.94. The number of likely N-dealkylation sites (tertiary alicyclic amines) is 1. The molecule has 0 aromatic carbocycles. The molecule has 2 saturated heterocycles. The number of hydrogen-bond donors (Lipinski definition) is 0. The van der Waals surface area contributed by atoms with Crippen molar-refractivity contribution in [3.05, 3.63) is 52.5 Å². The lowest BCUT2D eigenvalue weighted by Gasteiger charge is -2.36. The first-order valence-electron chi connectivity index (χ1n) is 9.90. The first-order valence-corrected chi connectivity index (χ1v) is 10.7. The average Bonchev–Trinajstić information content (AvgIpc) is 3.24. The van der Waals surface area contributed by atoms with Gasteiger partial charge in [-0.05, 0) is 81.2 Å². The van der Waals surface area contributed by atoms with Crippen molar-refractivity contribution in [2.24, 2.45) is 0 Å². The summed E-state index contributed by atoms with van der Waals surface area (Å²) in [4.78, 5) is 24.9. The normalized spacial score (nSPS) is 20.3. The second-order valence-electron chi connectivity index (χ2n) is 8.51. The maximum absolute atomic E-state index is 12.2. The van der Waals surface area contributed by atoms with Crippen molar-refractivity contribution in [1.29, 1.82) is 0 Å². The Labute approximate surface area is 181 Å². The Bertz CT molecular complexity index is 847.